The first-order valence-corrected chi connectivity index (χ1v) is 12.0. The number of nitrogens with zero attached hydrogens (tertiary/aromatic N) is 1. The Bertz CT molecular complexity index is 1140. The predicted octanol–water partition coefficient (Wildman–Crippen LogP) is 3.31. The highest BCUT2D eigenvalue weighted by molar-refractivity contribution is 6.00. The van der Waals surface area contributed by atoms with Crippen LogP contribution in [0.4, 0.5) is 10.5 Å². The molecule has 0 radical (unpaired) electrons. The van der Waals surface area contributed by atoms with Gasteiger partial charge in [0, 0.05) is 12.2 Å². The molecular weight excluding hydrogens is 476 g/mol. The summed E-state index contributed by atoms with van der Waals surface area (Å²) < 4.78 is 5.24. The monoisotopic (exact) mass is 512 g/mol. The van der Waals surface area contributed by atoms with Crippen molar-refractivity contribution < 1.29 is 29.0 Å². The van der Waals surface area contributed by atoms with Crippen LogP contribution >= 0.6 is 0 Å². The van der Waals surface area contributed by atoms with Crippen molar-refractivity contribution in [2.45, 2.75) is 65.6 Å². The Hall–Kier alpha value is -4.08. The van der Waals surface area contributed by atoms with Crippen LogP contribution in [0.3, 0.4) is 0 Å². The van der Waals surface area contributed by atoms with Gasteiger partial charge in [-0.1, -0.05) is 30.3 Å². The number of hydrogen-bond donors (Lipinski definition) is 4. The van der Waals surface area contributed by atoms with Crippen molar-refractivity contribution in [3.8, 4) is 5.75 Å². The van der Waals surface area contributed by atoms with E-state index in [9.17, 15) is 24.3 Å². The van der Waals surface area contributed by atoms with Gasteiger partial charge in [-0.15, -0.1) is 0 Å². The van der Waals surface area contributed by atoms with E-state index in [1.165, 1.54) is 17.0 Å². The van der Waals surface area contributed by atoms with Gasteiger partial charge in [0.25, 0.3) is 5.91 Å². The first-order valence-electron chi connectivity index (χ1n) is 12.0. The maximum Gasteiger partial charge on any atom is 0.408 e. The number of benzene rings is 2. The minimum atomic E-state index is -1.37. The van der Waals surface area contributed by atoms with Crippen LogP contribution in [-0.2, 0) is 19.1 Å². The second-order valence-electron chi connectivity index (χ2n) is 9.75. The van der Waals surface area contributed by atoms with Crippen LogP contribution in [0.5, 0.6) is 5.75 Å². The SMILES string of the molecule is CCN(C(=O)C(CC(N)=O)NC(=O)OC(C)(C)C)C(C(=O)Nc1c(C)cccc1C)c1cccc(O)c1. The number of para-hydroxylation sites is 1. The zero-order valence-electron chi connectivity index (χ0n) is 22.1. The third-order valence-electron chi connectivity index (χ3n) is 5.49. The Kier molecular flexibility index (Phi) is 9.65. The van der Waals surface area contributed by atoms with Crippen molar-refractivity contribution in [1.29, 1.82) is 0 Å². The normalized spacial score (nSPS) is 12.7. The summed E-state index contributed by atoms with van der Waals surface area (Å²) in [5.74, 6) is -2.16. The van der Waals surface area contributed by atoms with E-state index >= 15 is 0 Å². The second-order valence-corrected chi connectivity index (χ2v) is 9.75. The molecule has 5 N–H and O–H groups in total. The van der Waals surface area contributed by atoms with Crippen molar-refractivity contribution in [3.63, 3.8) is 0 Å². The quantitative estimate of drug-likeness (QED) is 0.405. The maximum atomic E-state index is 13.7. The lowest BCUT2D eigenvalue weighted by atomic mass is 10.0. The van der Waals surface area contributed by atoms with E-state index < -0.39 is 47.9 Å². The molecule has 2 aromatic rings. The Morgan fingerprint density at radius 2 is 1.65 bits per heavy atom. The number of alkyl carbamates (subject to hydrolysis) is 1. The average molecular weight is 513 g/mol. The van der Waals surface area contributed by atoms with Crippen molar-refractivity contribution in [2.24, 2.45) is 5.73 Å². The number of carbonyl (C=O) groups excluding carboxylic acids is 4. The summed E-state index contributed by atoms with van der Waals surface area (Å²) >= 11 is 0. The fourth-order valence-corrected chi connectivity index (χ4v) is 3.89. The van der Waals surface area contributed by atoms with Gasteiger partial charge in [-0.2, -0.15) is 0 Å². The maximum absolute atomic E-state index is 13.7. The number of amides is 4. The summed E-state index contributed by atoms with van der Waals surface area (Å²) in [4.78, 5) is 52.8. The summed E-state index contributed by atoms with van der Waals surface area (Å²) in [5.41, 5.74) is 7.12. The standard InChI is InChI=1S/C27H36N4O6/c1-7-31(25(35)20(15-21(28)33)29-26(36)37-27(4,5)6)23(18-12-9-13-19(32)14-18)24(34)30-22-16(2)10-8-11-17(22)3/h8-14,20,23,32H,7,15H2,1-6H3,(H2,28,33)(H,29,36)(H,30,34). The van der Waals surface area contributed by atoms with E-state index in [2.05, 4.69) is 10.6 Å². The highest BCUT2D eigenvalue weighted by Gasteiger charge is 2.36. The molecule has 2 rings (SSSR count). The fraction of sp³-hybridized carbons (Fsp3) is 0.407. The van der Waals surface area contributed by atoms with Gasteiger partial charge in [-0.05, 0) is 70.4 Å². The molecule has 2 atom stereocenters. The first-order chi connectivity index (χ1) is 17.2. The largest absolute Gasteiger partial charge is 0.508 e. The van der Waals surface area contributed by atoms with E-state index in [1.54, 1.807) is 39.8 Å². The number of hydrogen-bond acceptors (Lipinski definition) is 6. The number of likely N-dealkylation sites (N-methyl/N-ethyl adjacent to an activating group) is 1. The molecule has 0 fully saturated rings. The average Bonchev–Trinajstić information content (AvgIpc) is 2.77. The molecule has 4 amide bonds. The minimum absolute atomic E-state index is 0.0462. The zero-order valence-corrected chi connectivity index (χ0v) is 22.1. The molecule has 2 aromatic carbocycles. The van der Waals surface area contributed by atoms with Crippen LogP contribution in [-0.4, -0.2) is 52.0 Å². The smallest absolute Gasteiger partial charge is 0.408 e. The summed E-state index contributed by atoms with van der Waals surface area (Å²) in [5, 5.41) is 15.4. The number of phenols is 1. The Morgan fingerprint density at radius 1 is 1.05 bits per heavy atom. The van der Waals surface area contributed by atoms with Crippen LogP contribution in [0, 0.1) is 13.8 Å². The van der Waals surface area contributed by atoms with Gasteiger partial charge in [-0.3, -0.25) is 14.4 Å². The Morgan fingerprint density at radius 3 is 2.16 bits per heavy atom. The first kappa shape index (κ1) is 29.2. The van der Waals surface area contributed by atoms with E-state index in [-0.39, 0.29) is 12.3 Å². The third kappa shape index (κ3) is 8.23. The van der Waals surface area contributed by atoms with Crippen molar-refractivity contribution in [3.05, 3.63) is 59.2 Å². The van der Waals surface area contributed by atoms with Crippen LogP contribution in [0.2, 0.25) is 0 Å². The van der Waals surface area contributed by atoms with Crippen LogP contribution in [0.1, 0.15) is 56.8 Å². The molecule has 0 spiro atoms. The zero-order chi connectivity index (χ0) is 27.9. The van der Waals surface area contributed by atoms with Crippen molar-refractivity contribution >= 4 is 29.5 Å². The number of phenolic OH excluding ortho intramolecular Hbond substituents is 1. The highest BCUT2D eigenvalue weighted by atomic mass is 16.6. The lowest BCUT2D eigenvalue weighted by Crippen LogP contribution is -2.53. The summed E-state index contributed by atoms with van der Waals surface area (Å²) in [6.45, 7) is 10.4. The third-order valence-corrected chi connectivity index (χ3v) is 5.49. The van der Waals surface area contributed by atoms with E-state index in [4.69, 9.17) is 10.5 Å². The van der Waals surface area contributed by atoms with Gasteiger partial charge < -0.3 is 31.1 Å². The highest BCUT2D eigenvalue weighted by Crippen LogP contribution is 2.28. The van der Waals surface area contributed by atoms with Crippen LogP contribution < -0.4 is 16.4 Å². The van der Waals surface area contributed by atoms with E-state index in [0.29, 0.717) is 11.3 Å². The summed E-state index contributed by atoms with van der Waals surface area (Å²) in [6, 6.07) is 8.99. The van der Waals surface area contributed by atoms with E-state index in [1.807, 2.05) is 32.0 Å². The molecule has 0 aliphatic carbocycles. The number of nitrogens with one attached hydrogen (secondary N) is 2. The van der Waals surface area contributed by atoms with Crippen LogP contribution in [0.15, 0.2) is 42.5 Å². The van der Waals surface area contributed by atoms with E-state index in [0.717, 1.165) is 11.1 Å². The molecule has 0 saturated carbocycles. The summed E-state index contributed by atoms with van der Waals surface area (Å²) in [6.07, 6.45) is -1.41. The van der Waals surface area contributed by atoms with Gasteiger partial charge in [0.1, 0.15) is 23.4 Å². The van der Waals surface area contributed by atoms with Crippen molar-refractivity contribution in [1.82, 2.24) is 10.2 Å². The number of nitrogens with two attached hydrogens (primary N) is 1. The van der Waals surface area contributed by atoms with Gasteiger partial charge >= 0.3 is 6.09 Å². The van der Waals surface area contributed by atoms with Crippen LogP contribution in [0.25, 0.3) is 0 Å². The minimum Gasteiger partial charge on any atom is -0.508 e. The molecule has 10 nitrogen and oxygen atoms in total. The molecular formula is C27H36N4O6. The molecule has 0 bridgehead atoms. The molecule has 10 heteroatoms. The number of aromatic hydroxyl groups is 1. The number of carbonyl (C=O) groups is 4. The Balaban J connectivity index is 2.50. The molecule has 0 saturated heterocycles. The number of ether oxygens (including phenoxy) is 1. The topological polar surface area (TPSA) is 151 Å². The molecule has 37 heavy (non-hydrogen) atoms. The number of aryl methyl sites for hydroxylation is 2. The molecule has 0 heterocycles. The fourth-order valence-electron chi connectivity index (χ4n) is 3.89. The number of anilines is 1. The lowest BCUT2D eigenvalue weighted by Gasteiger charge is -2.33. The Labute approximate surface area is 217 Å². The summed E-state index contributed by atoms with van der Waals surface area (Å²) in [7, 11) is 0. The molecule has 0 aliphatic heterocycles. The molecule has 0 aromatic heterocycles. The number of rotatable bonds is 9. The lowest BCUT2D eigenvalue weighted by molar-refractivity contribution is -0.141. The van der Waals surface area contributed by atoms with Crippen molar-refractivity contribution in [2.75, 3.05) is 11.9 Å². The second kappa shape index (κ2) is 12.2. The van der Waals surface area contributed by atoms with Gasteiger partial charge in [0.2, 0.25) is 11.8 Å². The molecule has 0 aliphatic rings. The number of primary amides is 1. The molecule has 200 valence electrons. The van der Waals surface area contributed by atoms with Gasteiger partial charge in [0.15, 0.2) is 0 Å². The van der Waals surface area contributed by atoms with Gasteiger partial charge in [-0.25, -0.2) is 4.79 Å². The molecule has 2 unspecified atom stereocenters. The van der Waals surface area contributed by atoms with Gasteiger partial charge in [0.05, 0.1) is 6.42 Å². The predicted molar refractivity (Wildman–Crippen MR) is 140 cm³/mol.